The van der Waals surface area contributed by atoms with Gasteiger partial charge >= 0.3 is 0 Å². The van der Waals surface area contributed by atoms with E-state index < -0.39 is 5.82 Å². The third-order valence-electron chi connectivity index (χ3n) is 2.13. The number of amides is 1. The zero-order chi connectivity index (χ0) is 13.0. The molecular weight excluding hydrogens is 239 g/mol. The van der Waals surface area contributed by atoms with Crippen molar-refractivity contribution in [2.45, 2.75) is 20.3 Å². The number of thiocarbonyl (C=S) groups is 1. The average Bonchev–Trinajstić information content (AvgIpc) is 2.15. The molecule has 1 aromatic carbocycles. The number of carbonyl (C=O) groups excluding carboxylic acids is 1. The molecule has 0 aliphatic rings. The summed E-state index contributed by atoms with van der Waals surface area (Å²) in [7, 11) is 0. The first-order valence-electron chi connectivity index (χ1n) is 5.30. The lowest BCUT2D eigenvalue weighted by molar-refractivity contribution is -0.116. The zero-order valence-electron chi connectivity index (χ0n) is 9.79. The molecule has 0 saturated heterocycles. The topological polar surface area (TPSA) is 55.1 Å². The van der Waals surface area contributed by atoms with Gasteiger partial charge in [0.25, 0.3) is 0 Å². The van der Waals surface area contributed by atoms with Crippen LogP contribution in [0, 0.1) is 11.7 Å². The Labute approximate surface area is 105 Å². The maximum absolute atomic E-state index is 13.5. The minimum Gasteiger partial charge on any atom is -0.389 e. The molecule has 1 aromatic rings. The van der Waals surface area contributed by atoms with E-state index in [-0.39, 0.29) is 22.4 Å². The highest BCUT2D eigenvalue weighted by atomic mass is 32.1. The molecule has 92 valence electrons. The molecule has 0 aliphatic heterocycles. The van der Waals surface area contributed by atoms with Crippen LogP contribution < -0.4 is 11.1 Å². The summed E-state index contributed by atoms with van der Waals surface area (Å²) in [6, 6.07) is 4.34. The van der Waals surface area contributed by atoms with Gasteiger partial charge in [-0.15, -0.1) is 0 Å². The Morgan fingerprint density at radius 1 is 1.53 bits per heavy atom. The first-order valence-corrected chi connectivity index (χ1v) is 5.70. The molecule has 0 bridgehead atoms. The zero-order valence-corrected chi connectivity index (χ0v) is 10.6. The lowest BCUT2D eigenvalue weighted by Crippen LogP contribution is -2.19. The fourth-order valence-corrected chi connectivity index (χ4v) is 1.66. The second kappa shape index (κ2) is 5.72. The van der Waals surface area contributed by atoms with Crippen LogP contribution >= 0.6 is 12.2 Å². The molecule has 0 saturated carbocycles. The largest absolute Gasteiger partial charge is 0.389 e. The molecule has 3 nitrogen and oxygen atoms in total. The summed E-state index contributed by atoms with van der Waals surface area (Å²) in [5.41, 5.74) is 5.84. The van der Waals surface area contributed by atoms with E-state index in [4.69, 9.17) is 18.0 Å². The Balaban J connectivity index is 2.95. The fraction of sp³-hybridized carbons (Fsp3) is 0.333. The minimum atomic E-state index is -0.528. The van der Waals surface area contributed by atoms with Crippen LogP contribution in [0.5, 0.6) is 0 Å². The number of halogens is 1. The van der Waals surface area contributed by atoms with Gasteiger partial charge in [-0.1, -0.05) is 32.1 Å². The molecule has 0 radical (unpaired) electrons. The van der Waals surface area contributed by atoms with Crippen LogP contribution in [0.1, 0.15) is 25.8 Å². The number of hydrogen-bond donors (Lipinski definition) is 2. The lowest BCUT2D eigenvalue weighted by atomic mass is 10.1. The molecule has 17 heavy (non-hydrogen) atoms. The Morgan fingerprint density at radius 2 is 2.18 bits per heavy atom. The van der Waals surface area contributed by atoms with Crippen molar-refractivity contribution in [3.8, 4) is 0 Å². The number of anilines is 1. The second-order valence-electron chi connectivity index (χ2n) is 4.17. The van der Waals surface area contributed by atoms with E-state index in [0.717, 1.165) is 0 Å². The predicted octanol–water partition coefficient (Wildman–Crippen LogP) is 2.44. The molecule has 0 aliphatic carbocycles. The smallest absolute Gasteiger partial charge is 0.224 e. The number of nitrogens with one attached hydrogen (secondary N) is 1. The van der Waals surface area contributed by atoms with Crippen molar-refractivity contribution in [3.05, 3.63) is 29.6 Å². The average molecular weight is 254 g/mol. The van der Waals surface area contributed by atoms with Gasteiger partial charge in [0.2, 0.25) is 5.91 Å². The van der Waals surface area contributed by atoms with Crippen LogP contribution in [0.3, 0.4) is 0 Å². The summed E-state index contributed by atoms with van der Waals surface area (Å²) in [5.74, 6) is -0.472. The highest BCUT2D eigenvalue weighted by molar-refractivity contribution is 7.80. The molecular formula is C12H15FN2OS. The first kappa shape index (κ1) is 13.6. The van der Waals surface area contributed by atoms with E-state index in [1.807, 2.05) is 13.8 Å². The van der Waals surface area contributed by atoms with Gasteiger partial charge < -0.3 is 11.1 Å². The van der Waals surface area contributed by atoms with Gasteiger partial charge in [0.05, 0.1) is 11.3 Å². The summed E-state index contributed by atoms with van der Waals surface area (Å²) >= 11 is 4.76. The van der Waals surface area contributed by atoms with Crippen molar-refractivity contribution in [2.24, 2.45) is 11.7 Å². The van der Waals surface area contributed by atoms with Gasteiger partial charge in [-0.2, -0.15) is 0 Å². The third-order valence-corrected chi connectivity index (χ3v) is 2.33. The molecule has 5 heteroatoms. The van der Waals surface area contributed by atoms with Crippen LogP contribution in [0.15, 0.2) is 18.2 Å². The Morgan fingerprint density at radius 3 is 2.71 bits per heavy atom. The van der Waals surface area contributed by atoms with E-state index >= 15 is 0 Å². The van der Waals surface area contributed by atoms with Crippen molar-refractivity contribution >= 4 is 28.8 Å². The number of hydrogen-bond acceptors (Lipinski definition) is 2. The maximum Gasteiger partial charge on any atom is 0.224 e. The summed E-state index contributed by atoms with van der Waals surface area (Å²) in [5, 5.41) is 2.62. The minimum absolute atomic E-state index is 0.0667. The van der Waals surface area contributed by atoms with E-state index in [1.165, 1.54) is 12.1 Å². The van der Waals surface area contributed by atoms with Crippen LogP contribution in [-0.4, -0.2) is 10.9 Å². The van der Waals surface area contributed by atoms with Gasteiger partial charge in [-0.3, -0.25) is 4.79 Å². The molecule has 0 fully saturated rings. The van der Waals surface area contributed by atoms with Crippen molar-refractivity contribution < 1.29 is 9.18 Å². The number of carbonyl (C=O) groups is 1. The van der Waals surface area contributed by atoms with E-state index in [9.17, 15) is 9.18 Å². The summed E-state index contributed by atoms with van der Waals surface area (Å²) in [6.45, 7) is 3.86. The number of benzene rings is 1. The lowest BCUT2D eigenvalue weighted by Gasteiger charge is -2.11. The van der Waals surface area contributed by atoms with E-state index in [1.54, 1.807) is 6.07 Å². The highest BCUT2D eigenvalue weighted by Gasteiger charge is 2.13. The van der Waals surface area contributed by atoms with Crippen molar-refractivity contribution in [1.29, 1.82) is 0 Å². The maximum atomic E-state index is 13.5. The molecule has 0 spiro atoms. The van der Waals surface area contributed by atoms with Crippen LogP contribution in [0.25, 0.3) is 0 Å². The predicted molar refractivity (Wildman–Crippen MR) is 70.4 cm³/mol. The van der Waals surface area contributed by atoms with Gasteiger partial charge in [0, 0.05) is 6.42 Å². The van der Waals surface area contributed by atoms with Crippen LogP contribution in [0.2, 0.25) is 0 Å². The number of nitrogens with two attached hydrogens (primary N) is 1. The second-order valence-corrected chi connectivity index (χ2v) is 4.61. The highest BCUT2D eigenvalue weighted by Crippen LogP contribution is 2.19. The molecule has 0 heterocycles. The number of rotatable bonds is 4. The normalized spacial score (nSPS) is 10.4. The molecule has 0 aromatic heterocycles. The Kier molecular flexibility index (Phi) is 4.57. The molecule has 1 amide bonds. The summed E-state index contributed by atoms with van der Waals surface area (Å²) in [4.78, 5) is 11.5. The third kappa shape index (κ3) is 3.78. The van der Waals surface area contributed by atoms with Gasteiger partial charge in [0.15, 0.2) is 0 Å². The van der Waals surface area contributed by atoms with Crippen molar-refractivity contribution in [2.75, 3.05) is 5.32 Å². The molecule has 3 N–H and O–H groups in total. The summed E-state index contributed by atoms with van der Waals surface area (Å²) < 4.78 is 13.5. The molecule has 0 atom stereocenters. The standard InChI is InChI=1S/C12H15FN2OS/c1-7(2)6-10(16)15-9-5-3-4-8(13)11(9)12(14)17/h3-5,7H,6H2,1-2H3,(H2,14,17)(H,15,16). The fourth-order valence-electron chi connectivity index (χ4n) is 1.45. The Hall–Kier alpha value is -1.49. The SMILES string of the molecule is CC(C)CC(=O)Nc1cccc(F)c1C(N)=S. The van der Waals surface area contributed by atoms with Crippen molar-refractivity contribution in [3.63, 3.8) is 0 Å². The van der Waals surface area contributed by atoms with E-state index in [2.05, 4.69) is 5.32 Å². The van der Waals surface area contributed by atoms with Crippen molar-refractivity contribution in [1.82, 2.24) is 0 Å². The first-order chi connectivity index (χ1) is 7.91. The van der Waals surface area contributed by atoms with Gasteiger partial charge in [-0.25, -0.2) is 4.39 Å². The summed E-state index contributed by atoms with van der Waals surface area (Å²) in [6.07, 6.45) is 0.368. The monoisotopic (exact) mass is 254 g/mol. The van der Waals surface area contributed by atoms with Gasteiger partial charge in [0.1, 0.15) is 10.8 Å². The van der Waals surface area contributed by atoms with Crippen LogP contribution in [0.4, 0.5) is 10.1 Å². The Bertz CT molecular complexity index is 446. The molecule has 1 rings (SSSR count). The van der Waals surface area contributed by atoms with Gasteiger partial charge in [-0.05, 0) is 18.1 Å². The van der Waals surface area contributed by atoms with Crippen LogP contribution in [-0.2, 0) is 4.79 Å². The molecule has 0 unspecified atom stereocenters. The quantitative estimate of drug-likeness (QED) is 0.811. The van der Waals surface area contributed by atoms with E-state index in [0.29, 0.717) is 12.1 Å².